The second kappa shape index (κ2) is 5.11. The lowest BCUT2D eigenvalue weighted by atomic mass is 9.90. The molecule has 0 aliphatic heterocycles. The molecule has 0 amide bonds. The number of esters is 1. The number of hydrogen-bond donors (Lipinski definition) is 1. The Morgan fingerprint density at radius 1 is 1.28 bits per heavy atom. The molecule has 1 N–H and O–H groups in total. The average Bonchev–Trinajstić information content (AvgIpc) is 2.28. The number of carbonyl (C=O) groups is 1. The smallest absolute Gasteiger partial charge is 0.316 e. The third-order valence-corrected chi connectivity index (χ3v) is 3.19. The highest BCUT2D eigenvalue weighted by atomic mass is 16.5. The van der Waals surface area contributed by atoms with Crippen LogP contribution in [0.25, 0.3) is 0 Å². The molecule has 0 aromatic heterocycles. The van der Waals surface area contributed by atoms with Crippen molar-refractivity contribution in [2.75, 3.05) is 0 Å². The summed E-state index contributed by atoms with van der Waals surface area (Å²) in [7, 11) is 0. The van der Waals surface area contributed by atoms with E-state index in [9.17, 15) is 9.90 Å². The Morgan fingerprint density at radius 3 is 2.39 bits per heavy atom. The summed E-state index contributed by atoms with van der Waals surface area (Å²) in [5.41, 5.74) is -0.713. The summed E-state index contributed by atoms with van der Waals surface area (Å²) >= 11 is 0. The Bertz CT molecular complexity index is 428. The van der Waals surface area contributed by atoms with Crippen molar-refractivity contribution in [2.24, 2.45) is 5.41 Å². The second-order valence-corrected chi connectivity index (χ2v) is 5.71. The van der Waals surface area contributed by atoms with Crippen molar-refractivity contribution in [3.8, 4) is 5.75 Å². The van der Waals surface area contributed by atoms with Gasteiger partial charge in [-0.25, -0.2) is 0 Å². The topological polar surface area (TPSA) is 46.5 Å². The summed E-state index contributed by atoms with van der Waals surface area (Å²) in [4.78, 5) is 11.9. The van der Waals surface area contributed by atoms with E-state index in [0.29, 0.717) is 5.75 Å². The Kier molecular flexibility index (Phi) is 4.17. The first-order valence-electron chi connectivity index (χ1n) is 6.22. The molecule has 0 bridgehead atoms. The van der Waals surface area contributed by atoms with E-state index in [1.54, 1.807) is 32.0 Å². The lowest BCUT2D eigenvalue weighted by molar-refractivity contribution is -0.144. The monoisotopic (exact) mass is 250 g/mol. The van der Waals surface area contributed by atoms with Gasteiger partial charge < -0.3 is 9.84 Å². The molecule has 0 radical (unpaired) electrons. The van der Waals surface area contributed by atoms with Crippen LogP contribution in [0.3, 0.4) is 0 Å². The Hall–Kier alpha value is -1.35. The zero-order valence-electron chi connectivity index (χ0n) is 11.8. The molecule has 1 aromatic rings. The van der Waals surface area contributed by atoms with Gasteiger partial charge in [-0.15, -0.1) is 0 Å². The quantitative estimate of drug-likeness (QED) is 0.659. The van der Waals surface area contributed by atoms with Crippen LogP contribution in [0.2, 0.25) is 0 Å². The first-order valence-corrected chi connectivity index (χ1v) is 6.22. The van der Waals surface area contributed by atoms with E-state index in [0.717, 1.165) is 12.0 Å². The van der Waals surface area contributed by atoms with Crippen LogP contribution < -0.4 is 4.74 Å². The predicted octanol–water partition coefficient (Wildman–Crippen LogP) is 3.26. The number of aliphatic hydroxyl groups is 1. The van der Waals surface area contributed by atoms with E-state index >= 15 is 0 Å². The molecule has 0 spiro atoms. The van der Waals surface area contributed by atoms with Crippen LogP contribution in [0, 0.1) is 5.41 Å². The van der Waals surface area contributed by atoms with Gasteiger partial charge in [0.25, 0.3) is 0 Å². The van der Waals surface area contributed by atoms with Crippen molar-refractivity contribution < 1.29 is 14.6 Å². The van der Waals surface area contributed by atoms with Crippen molar-refractivity contribution in [1.82, 2.24) is 0 Å². The van der Waals surface area contributed by atoms with Crippen molar-refractivity contribution in [1.29, 1.82) is 0 Å². The molecule has 0 saturated heterocycles. The number of hydrogen-bond acceptors (Lipinski definition) is 3. The van der Waals surface area contributed by atoms with E-state index in [1.165, 1.54) is 0 Å². The van der Waals surface area contributed by atoms with Gasteiger partial charge in [0.05, 0.1) is 11.0 Å². The van der Waals surface area contributed by atoms with Gasteiger partial charge in [-0.2, -0.15) is 0 Å². The molecule has 0 saturated carbocycles. The van der Waals surface area contributed by atoms with Crippen molar-refractivity contribution in [2.45, 2.75) is 46.6 Å². The summed E-state index contributed by atoms with van der Waals surface area (Å²) < 4.78 is 5.36. The van der Waals surface area contributed by atoms with E-state index in [2.05, 4.69) is 0 Å². The third kappa shape index (κ3) is 3.57. The van der Waals surface area contributed by atoms with Crippen LogP contribution in [0.5, 0.6) is 5.75 Å². The SMILES string of the molecule is CCC(C)(C)C(=O)Oc1cccc(C(C)(C)O)c1. The molecule has 1 aromatic carbocycles. The lowest BCUT2D eigenvalue weighted by Gasteiger charge is -2.22. The normalized spacial score (nSPS) is 12.3. The maximum absolute atomic E-state index is 11.9. The minimum Gasteiger partial charge on any atom is -0.426 e. The van der Waals surface area contributed by atoms with E-state index in [1.807, 2.05) is 26.8 Å². The molecule has 0 unspecified atom stereocenters. The maximum atomic E-state index is 11.9. The molecule has 1 rings (SSSR count). The van der Waals surface area contributed by atoms with Crippen LogP contribution in [0.1, 0.15) is 46.6 Å². The third-order valence-electron chi connectivity index (χ3n) is 3.19. The summed E-state index contributed by atoms with van der Waals surface area (Å²) in [6.45, 7) is 9.06. The largest absolute Gasteiger partial charge is 0.426 e. The highest BCUT2D eigenvalue weighted by molar-refractivity contribution is 5.78. The fourth-order valence-electron chi connectivity index (χ4n) is 1.33. The predicted molar refractivity (Wildman–Crippen MR) is 71.4 cm³/mol. The fraction of sp³-hybridized carbons (Fsp3) is 0.533. The van der Waals surface area contributed by atoms with Gasteiger partial charge in [0.2, 0.25) is 0 Å². The highest BCUT2D eigenvalue weighted by Crippen LogP contribution is 2.27. The van der Waals surface area contributed by atoms with Crippen LogP contribution in [-0.2, 0) is 10.4 Å². The Labute approximate surface area is 109 Å². The standard InChI is InChI=1S/C15H22O3/c1-6-14(2,3)13(16)18-12-9-7-8-11(10-12)15(4,5)17/h7-10,17H,6H2,1-5H3. The van der Waals surface area contributed by atoms with Gasteiger partial charge in [-0.1, -0.05) is 19.1 Å². The molecular formula is C15H22O3. The number of benzene rings is 1. The molecule has 0 aliphatic carbocycles. The van der Waals surface area contributed by atoms with Gasteiger partial charge in [0.15, 0.2) is 0 Å². The van der Waals surface area contributed by atoms with Gasteiger partial charge in [0.1, 0.15) is 5.75 Å². The Morgan fingerprint density at radius 2 is 1.89 bits per heavy atom. The summed E-state index contributed by atoms with van der Waals surface area (Å²) in [6.07, 6.45) is 0.719. The van der Waals surface area contributed by atoms with Crippen molar-refractivity contribution >= 4 is 5.97 Å². The lowest BCUT2D eigenvalue weighted by Crippen LogP contribution is -2.28. The fourth-order valence-corrected chi connectivity index (χ4v) is 1.33. The molecule has 3 heteroatoms. The first-order chi connectivity index (χ1) is 8.16. The summed E-state index contributed by atoms with van der Waals surface area (Å²) in [5, 5.41) is 9.91. The van der Waals surface area contributed by atoms with E-state index < -0.39 is 11.0 Å². The second-order valence-electron chi connectivity index (χ2n) is 5.71. The summed E-state index contributed by atoms with van der Waals surface area (Å²) in [6, 6.07) is 7.00. The highest BCUT2D eigenvalue weighted by Gasteiger charge is 2.28. The molecule has 3 nitrogen and oxygen atoms in total. The molecule has 0 atom stereocenters. The number of ether oxygens (including phenoxy) is 1. The van der Waals surface area contributed by atoms with Crippen LogP contribution in [0.15, 0.2) is 24.3 Å². The zero-order valence-corrected chi connectivity index (χ0v) is 11.8. The molecule has 0 heterocycles. The van der Waals surface area contributed by atoms with Crippen LogP contribution >= 0.6 is 0 Å². The maximum Gasteiger partial charge on any atom is 0.316 e. The van der Waals surface area contributed by atoms with Crippen LogP contribution in [-0.4, -0.2) is 11.1 Å². The molecule has 0 aliphatic rings. The van der Waals surface area contributed by atoms with Crippen molar-refractivity contribution in [3.05, 3.63) is 29.8 Å². The van der Waals surface area contributed by atoms with E-state index in [-0.39, 0.29) is 5.97 Å². The molecule has 100 valence electrons. The zero-order chi connectivity index (χ0) is 14.0. The Balaban J connectivity index is 2.90. The minimum atomic E-state index is -0.942. The summed E-state index contributed by atoms with van der Waals surface area (Å²) in [5.74, 6) is 0.221. The molecule has 18 heavy (non-hydrogen) atoms. The first kappa shape index (κ1) is 14.7. The molecular weight excluding hydrogens is 228 g/mol. The average molecular weight is 250 g/mol. The minimum absolute atomic E-state index is 0.252. The van der Waals surface area contributed by atoms with Gasteiger partial charge in [-0.05, 0) is 51.8 Å². The van der Waals surface area contributed by atoms with E-state index in [4.69, 9.17) is 4.74 Å². The molecule has 0 fully saturated rings. The number of carbonyl (C=O) groups excluding carboxylic acids is 1. The number of rotatable bonds is 4. The van der Waals surface area contributed by atoms with Gasteiger partial charge in [0, 0.05) is 0 Å². The van der Waals surface area contributed by atoms with Crippen LogP contribution in [0.4, 0.5) is 0 Å². The van der Waals surface area contributed by atoms with Gasteiger partial charge >= 0.3 is 5.97 Å². The van der Waals surface area contributed by atoms with Crippen molar-refractivity contribution in [3.63, 3.8) is 0 Å². The van der Waals surface area contributed by atoms with Gasteiger partial charge in [-0.3, -0.25) is 4.79 Å².